The summed E-state index contributed by atoms with van der Waals surface area (Å²) >= 11 is 0. The molecule has 29 heavy (non-hydrogen) atoms. The molecule has 3 amide bonds. The minimum absolute atomic E-state index is 0.0315. The van der Waals surface area contributed by atoms with Gasteiger partial charge in [-0.05, 0) is 55.2 Å². The molecule has 0 aliphatic carbocycles. The summed E-state index contributed by atoms with van der Waals surface area (Å²) in [7, 11) is 1.61. The number of likely N-dealkylation sites (N-methyl/N-ethyl adjacent to an activating group) is 1. The van der Waals surface area contributed by atoms with Crippen LogP contribution in [0.15, 0.2) is 42.5 Å². The normalized spacial score (nSPS) is 13.5. The lowest BCUT2D eigenvalue weighted by molar-refractivity contribution is -0.128. The molecule has 0 atom stereocenters. The van der Waals surface area contributed by atoms with Crippen molar-refractivity contribution in [3.63, 3.8) is 0 Å². The van der Waals surface area contributed by atoms with E-state index in [0.717, 1.165) is 35.3 Å². The molecule has 0 bridgehead atoms. The zero-order chi connectivity index (χ0) is 21.0. The van der Waals surface area contributed by atoms with Gasteiger partial charge in [0.15, 0.2) is 0 Å². The number of benzene rings is 2. The van der Waals surface area contributed by atoms with Crippen molar-refractivity contribution in [1.82, 2.24) is 9.80 Å². The molecule has 1 N–H and O–H groups in total. The third-order valence-corrected chi connectivity index (χ3v) is 5.14. The summed E-state index contributed by atoms with van der Waals surface area (Å²) in [6.45, 7) is 5.23. The van der Waals surface area contributed by atoms with Crippen LogP contribution in [0, 0.1) is 13.8 Å². The van der Waals surface area contributed by atoms with Crippen LogP contribution >= 0.6 is 0 Å². The smallest absolute Gasteiger partial charge is 0.254 e. The maximum atomic E-state index is 12.6. The lowest BCUT2D eigenvalue weighted by atomic mass is 10.1. The SMILES string of the molecule is Cc1ccc(C)c(NC(=O)CN(C)C(=O)c2ccc(CN3CCCC3=O)cc2)c1. The van der Waals surface area contributed by atoms with E-state index in [-0.39, 0.29) is 24.3 Å². The fourth-order valence-electron chi connectivity index (χ4n) is 3.41. The van der Waals surface area contributed by atoms with Crippen LogP contribution in [0.1, 0.15) is 39.9 Å². The molecular weight excluding hydrogens is 366 g/mol. The first-order valence-electron chi connectivity index (χ1n) is 9.83. The molecule has 6 heteroatoms. The molecule has 2 aromatic carbocycles. The number of aryl methyl sites for hydroxylation is 2. The number of nitrogens with zero attached hydrogens (tertiary/aromatic N) is 2. The summed E-state index contributed by atoms with van der Waals surface area (Å²) in [6, 6.07) is 13.1. The van der Waals surface area contributed by atoms with Gasteiger partial charge in [0.05, 0.1) is 6.54 Å². The van der Waals surface area contributed by atoms with Gasteiger partial charge in [-0.2, -0.15) is 0 Å². The second-order valence-electron chi connectivity index (χ2n) is 7.64. The molecule has 0 unspecified atom stereocenters. The Bertz CT molecular complexity index is 921. The van der Waals surface area contributed by atoms with Gasteiger partial charge in [0.2, 0.25) is 11.8 Å². The topological polar surface area (TPSA) is 69.7 Å². The van der Waals surface area contributed by atoms with E-state index in [4.69, 9.17) is 0 Å². The minimum Gasteiger partial charge on any atom is -0.338 e. The van der Waals surface area contributed by atoms with E-state index in [0.29, 0.717) is 18.5 Å². The average Bonchev–Trinajstić information content (AvgIpc) is 3.09. The lowest BCUT2D eigenvalue weighted by Gasteiger charge is -2.18. The molecule has 0 saturated carbocycles. The van der Waals surface area contributed by atoms with Crippen molar-refractivity contribution in [2.45, 2.75) is 33.2 Å². The monoisotopic (exact) mass is 393 g/mol. The first kappa shape index (κ1) is 20.6. The van der Waals surface area contributed by atoms with E-state index in [9.17, 15) is 14.4 Å². The van der Waals surface area contributed by atoms with Crippen molar-refractivity contribution in [3.8, 4) is 0 Å². The number of hydrogen-bond acceptors (Lipinski definition) is 3. The number of hydrogen-bond donors (Lipinski definition) is 1. The number of carbonyl (C=O) groups is 3. The number of nitrogens with one attached hydrogen (secondary N) is 1. The fourth-order valence-corrected chi connectivity index (χ4v) is 3.41. The molecule has 1 aliphatic heterocycles. The molecule has 3 rings (SSSR count). The Morgan fingerprint density at radius 3 is 2.48 bits per heavy atom. The van der Waals surface area contributed by atoms with Gasteiger partial charge in [0.25, 0.3) is 5.91 Å². The van der Waals surface area contributed by atoms with Crippen LogP contribution in [0.2, 0.25) is 0 Å². The summed E-state index contributed by atoms with van der Waals surface area (Å²) in [6.07, 6.45) is 1.52. The van der Waals surface area contributed by atoms with E-state index in [1.807, 2.05) is 49.1 Å². The molecule has 1 saturated heterocycles. The molecule has 1 aliphatic rings. The Kier molecular flexibility index (Phi) is 6.32. The number of carbonyl (C=O) groups excluding carboxylic acids is 3. The molecule has 6 nitrogen and oxygen atoms in total. The van der Waals surface area contributed by atoms with Gasteiger partial charge in [0, 0.05) is 37.8 Å². The van der Waals surface area contributed by atoms with E-state index >= 15 is 0 Å². The lowest BCUT2D eigenvalue weighted by Crippen LogP contribution is -2.35. The average molecular weight is 393 g/mol. The van der Waals surface area contributed by atoms with Crippen LogP contribution in [0.3, 0.4) is 0 Å². The first-order chi connectivity index (χ1) is 13.8. The van der Waals surface area contributed by atoms with Crippen molar-refractivity contribution in [3.05, 3.63) is 64.7 Å². The van der Waals surface area contributed by atoms with Gasteiger partial charge in [-0.3, -0.25) is 14.4 Å². The molecule has 0 aromatic heterocycles. The Hall–Kier alpha value is -3.15. The van der Waals surface area contributed by atoms with Gasteiger partial charge in [-0.25, -0.2) is 0 Å². The standard InChI is InChI=1S/C23H27N3O3/c1-16-6-7-17(2)20(13-16)24-21(27)15-25(3)23(29)19-10-8-18(9-11-19)14-26-12-4-5-22(26)28/h6-11,13H,4-5,12,14-15H2,1-3H3,(H,24,27). The van der Waals surface area contributed by atoms with Gasteiger partial charge < -0.3 is 15.1 Å². The maximum absolute atomic E-state index is 12.6. The highest BCUT2D eigenvalue weighted by Gasteiger charge is 2.20. The van der Waals surface area contributed by atoms with Crippen molar-refractivity contribution in [1.29, 1.82) is 0 Å². The Morgan fingerprint density at radius 2 is 1.83 bits per heavy atom. The zero-order valence-corrected chi connectivity index (χ0v) is 17.2. The Balaban J connectivity index is 1.57. The van der Waals surface area contributed by atoms with Crippen molar-refractivity contribution in [2.75, 3.05) is 25.5 Å². The van der Waals surface area contributed by atoms with Gasteiger partial charge in [-0.15, -0.1) is 0 Å². The van der Waals surface area contributed by atoms with Crippen LogP contribution in [-0.2, 0) is 16.1 Å². The third-order valence-electron chi connectivity index (χ3n) is 5.14. The van der Waals surface area contributed by atoms with E-state index in [1.54, 1.807) is 19.2 Å². The predicted octanol–water partition coefficient (Wildman–Crippen LogP) is 3.14. The molecule has 0 spiro atoms. The van der Waals surface area contributed by atoms with E-state index in [2.05, 4.69) is 5.32 Å². The van der Waals surface area contributed by atoms with Crippen molar-refractivity contribution < 1.29 is 14.4 Å². The van der Waals surface area contributed by atoms with Crippen LogP contribution in [0.4, 0.5) is 5.69 Å². The summed E-state index contributed by atoms with van der Waals surface area (Å²) in [5, 5.41) is 2.87. The summed E-state index contributed by atoms with van der Waals surface area (Å²) in [5.74, 6) is -0.275. The molecule has 2 aromatic rings. The number of rotatable bonds is 6. The molecular formula is C23H27N3O3. The quantitative estimate of drug-likeness (QED) is 0.820. The van der Waals surface area contributed by atoms with Crippen LogP contribution in [-0.4, -0.2) is 47.7 Å². The highest BCUT2D eigenvalue weighted by Crippen LogP contribution is 2.17. The summed E-state index contributed by atoms with van der Waals surface area (Å²) in [5.41, 5.74) is 4.31. The Morgan fingerprint density at radius 1 is 1.10 bits per heavy atom. The van der Waals surface area contributed by atoms with E-state index < -0.39 is 0 Å². The van der Waals surface area contributed by atoms with Gasteiger partial charge in [-0.1, -0.05) is 24.3 Å². The van der Waals surface area contributed by atoms with Crippen molar-refractivity contribution >= 4 is 23.4 Å². The molecule has 152 valence electrons. The number of likely N-dealkylation sites (tertiary alicyclic amines) is 1. The highest BCUT2D eigenvalue weighted by atomic mass is 16.2. The van der Waals surface area contributed by atoms with Crippen LogP contribution in [0.5, 0.6) is 0 Å². The van der Waals surface area contributed by atoms with Crippen molar-refractivity contribution in [2.24, 2.45) is 0 Å². The molecule has 0 radical (unpaired) electrons. The predicted molar refractivity (Wildman–Crippen MR) is 113 cm³/mol. The highest BCUT2D eigenvalue weighted by molar-refractivity contribution is 5.99. The largest absolute Gasteiger partial charge is 0.338 e. The first-order valence-corrected chi connectivity index (χ1v) is 9.83. The second kappa shape index (κ2) is 8.90. The van der Waals surface area contributed by atoms with Gasteiger partial charge in [0.1, 0.15) is 0 Å². The summed E-state index contributed by atoms with van der Waals surface area (Å²) in [4.78, 5) is 40.0. The van der Waals surface area contributed by atoms with Crippen LogP contribution in [0.25, 0.3) is 0 Å². The Labute approximate surface area is 171 Å². The van der Waals surface area contributed by atoms with Crippen LogP contribution < -0.4 is 5.32 Å². The van der Waals surface area contributed by atoms with E-state index in [1.165, 1.54) is 4.90 Å². The zero-order valence-electron chi connectivity index (χ0n) is 17.2. The number of anilines is 1. The molecule has 1 fully saturated rings. The maximum Gasteiger partial charge on any atom is 0.254 e. The third kappa shape index (κ3) is 5.22. The second-order valence-corrected chi connectivity index (χ2v) is 7.64. The molecule has 1 heterocycles. The minimum atomic E-state index is -0.237. The van der Waals surface area contributed by atoms with Gasteiger partial charge >= 0.3 is 0 Å². The summed E-state index contributed by atoms with van der Waals surface area (Å²) < 4.78 is 0. The number of amides is 3. The fraction of sp³-hybridized carbons (Fsp3) is 0.348.